The summed E-state index contributed by atoms with van der Waals surface area (Å²) >= 11 is 0. The molecule has 1 aromatic heterocycles. The summed E-state index contributed by atoms with van der Waals surface area (Å²) in [4.78, 5) is 21.7. The fraction of sp³-hybridized carbons (Fsp3) is 0.789. The van der Waals surface area contributed by atoms with Crippen LogP contribution in [0.4, 0.5) is 0 Å². The number of amides is 1. The number of likely N-dealkylation sites (tertiary alicyclic amines) is 1. The zero-order valence-electron chi connectivity index (χ0n) is 15.3. The van der Waals surface area contributed by atoms with E-state index in [1.165, 1.54) is 18.7 Å². The van der Waals surface area contributed by atoms with Crippen molar-refractivity contribution in [2.75, 3.05) is 33.7 Å². The maximum atomic E-state index is 12.7. The second-order valence-corrected chi connectivity index (χ2v) is 7.74. The first kappa shape index (κ1) is 17.5. The number of nitrogens with zero attached hydrogens (tertiary/aromatic N) is 4. The van der Waals surface area contributed by atoms with Crippen LogP contribution in [0.2, 0.25) is 0 Å². The molecular formula is C19H32N4O. The Morgan fingerprint density at radius 2 is 2.04 bits per heavy atom. The lowest BCUT2D eigenvalue weighted by Gasteiger charge is -2.34. The largest absolute Gasteiger partial charge is 0.342 e. The standard InChI is InChI=1S/C19H32N4O/c1-21(2)11-6-13-22-14-10-20-18(22)17-9-5-12-23(15-17)19(24)16-7-3-4-8-16/h10,14,16-17H,3-9,11-13,15H2,1-2H3. The van der Waals surface area contributed by atoms with Crippen molar-refractivity contribution in [2.45, 2.75) is 57.4 Å². The van der Waals surface area contributed by atoms with E-state index in [-0.39, 0.29) is 0 Å². The van der Waals surface area contributed by atoms with Crippen LogP contribution in [0.3, 0.4) is 0 Å². The van der Waals surface area contributed by atoms with Crippen LogP contribution in [0.15, 0.2) is 12.4 Å². The van der Waals surface area contributed by atoms with Crippen LogP contribution < -0.4 is 0 Å². The Kier molecular flexibility index (Phi) is 5.93. The Morgan fingerprint density at radius 1 is 1.25 bits per heavy atom. The molecule has 0 N–H and O–H groups in total. The minimum absolute atomic E-state index is 0.295. The predicted molar refractivity (Wildman–Crippen MR) is 95.9 cm³/mol. The molecule has 5 nitrogen and oxygen atoms in total. The highest BCUT2D eigenvalue weighted by molar-refractivity contribution is 5.79. The number of carbonyl (C=O) groups is 1. The van der Waals surface area contributed by atoms with E-state index >= 15 is 0 Å². The SMILES string of the molecule is CN(C)CCCn1ccnc1C1CCCN(C(=O)C2CCCC2)C1. The van der Waals surface area contributed by atoms with Crippen LogP contribution in [0.5, 0.6) is 0 Å². The molecule has 2 heterocycles. The highest BCUT2D eigenvalue weighted by Gasteiger charge is 2.32. The second-order valence-electron chi connectivity index (χ2n) is 7.74. The zero-order valence-corrected chi connectivity index (χ0v) is 15.3. The molecule has 0 radical (unpaired) electrons. The maximum absolute atomic E-state index is 12.7. The predicted octanol–water partition coefficient (Wildman–Crippen LogP) is 2.73. The average Bonchev–Trinajstić information content (AvgIpc) is 3.26. The molecule has 1 aromatic rings. The van der Waals surface area contributed by atoms with Gasteiger partial charge in [0.25, 0.3) is 0 Å². The first-order valence-corrected chi connectivity index (χ1v) is 9.59. The van der Waals surface area contributed by atoms with E-state index in [4.69, 9.17) is 0 Å². The fourth-order valence-electron chi connectivity index (χ4n) is 4.25. The third kappa shape index (κ3) is 4.18. The maximum Gasteiger partial charge on any atom is 0.225 e. The van der Waals surface area contributed by atoms with E-state index in [0.717, 1.165) is 58.3 Å². The van der Waals surface area contributed by atoms with E-state index in [1.807, 2.05) is 6.20 Å². The molecule has 1 amide bonds. The molecule has 2 fully saturated rings. The molecule has 1 atom stereocenters. The first-order chi connectivity index (χ1) is 11.6. The van der Waals surface area contributed by atoms with Crippen molar-refractivity contribution in [3.05, 3.63) is 18.2 Å². The van der Waals surface area contributed by atoms with Gasteiger partial charge in [0.05, 0.1) is 0 Å². The summed E-state index contributed by atoms with van der Waals surface area (Å²) < 4.78 is 2.30. The Balaban J connectivity index is 1.60. The molecule has 0 bridgehead atoms. The van der Waals surface area contributed by atoms with Crippen LogP contribution in [-0.4, -0.2) is 59.0 Å². The molecule has 24 heavy (non-hydrogen) atoms. The smallest absolute Gasteiger partial charge is 0.225 e. The summed E-state index contributed by atoms with van der Waals surface area (Å²) in [6.45, 7) is 3.91. The molecule has 1 aliphatic heterocycles. The number of hydrogen-bond donors (Lipinski definition) is 0. The van der Waals surface area contributed by atoms with Crippen molar-refractivity contribution in [2.24, 2.45) is 5.92 Å². The zero-order chi connectivity index (χ0) is 16.9. The summed E-state index contributed by atoms with van der Waals surface area (Å²) in [7, 11) is 4.23. The van der Waals surface area contributed by atoms with Gasteiger partial charge in [-0.05, 0) is 52.7 Å². The van der Waals surface area contributed by atoms with Gasteiger partial charge in [0.15, 0.2) is 0 Å². The van der Waals surface area contributed by atoms with E-state index in [9.17, 15) is 4.79 Å². The quantitative estimate of drug-likeness (QED) is 0.804. The average molecular weight is 332 g/mol. The number of hydrogen-bond acceptors (Lipinski definition) is 3. The normalized spacial score (nSPS) is 22.5. The van der Waals surface area contributed by atoms with Crippen molar-refractivity contribution in [3.8, 4) is 0 Å². The number of aryl methyl sites for hydroxylation is 1. The van der Waals surface area contributed by atoms with Gasteiger partial charge in [-0.15, -0.1) is 0 Å². The number of aromatic nitrogens is 2. The lowest BCUT2D eigenvalue weighted by atomic mass is 9.95. The minimum atomic E-state index is 0.295. The molecule has 0 aromatic carbocycles. The molecule has 0 spiro atoms. The topological polar surface area (TPSA) is 41.4 Å². The van der Waals surface area contributed by atoms with Crippen LogP contribution in [-0.2, 0) is 11.3 Å². The van der Waals surface area contributed by atoms with Gasteiger partial charge in [0.2, 0.25) is 5.91 Å². The molecule has 3 rings (SSSR count). The van der Waals surface area contributed by atoms with Gasteiger partial charge < -0.3 is 14.4 Å². The number of piperidine rings is 1. The Bertz CT molecular complexity index is 533. The summed E-state index contributed by atoms with van der Waals surface area (Å²) in [5, 5.41) is 0. The molecule has 1 saturated heterocycles. The van der Waals surface area contributed by atoms with Gasteiger partial charge in [-0.25, -0.2) is 4.98 Å². The van der Waals surface area contributed by atoms with E-state index < -0.39 is 0 Å². The summed E-state index contributed by atoms with van der Waals surface area (Å²) in [5.74, 6) is 2.28. The molecule has 1 saturated carbocycles. The van der Waals surface area contributed by atoms with Gasteiger partial charge in [-0.1, -0.05) is 12.8 Å². The van der Waals surface area contributed by atoms with E-state index in [0.29, 0.717) is 17.7 Å². The Labute approximate surface area is 146 Å². The van der Waals surface area contributed by atoms with Gasteiger partial charge in [0, 0.05) is 43.9 Å². The van der Waals surface area contributed by atoms with Crippen LogP contribution >= 0.6 is 0 Å². The lowest BCUT2D eigenvalue weighted by molar-refractivity contribution is -0.136. The van der Waals surface area contributed by atoms with Crippen LogP contribution in [0, 0.1) is 5.92 Å². The van der Waals surface area contributed by atoms with E-state index in [2.05, 4.69) is 39.6 Å². The van der Waals surface area contributed by atoms with Crippen molar-refractivity contribution in [1.82, 2.24) is 19.4 Å². The van der Waals surface area contributed by atoms with Gasteiger partial charge >= 0.3 is 0 Å². The molecule has 5 heteroatoms. The Hall–Kier alpha value is -1.36. The highest BCUT2D eigenvalue weighted by Crippen LogP contribution is 2.31. The first-order valence-electron chi connectivity index (χ1n) is 9.59. The van der Waals surface area contributed by atoms with Crippen molar-refractivity contribution in [1.29, 1.82) is 0 Å². The van der Waals surface area contributed by atoms with Crippen molar-refractivity contribution in [3.63, 3.8) is 0 Å². The van der Waals surface area contributed by atoms with Crippen molar-refractivity contribution < 1.29 is 4.79 Å². The van der Waals surface area contributed by atoms with Crippen LogP contribution in [0.1, 0.15) is 56.7 Å². The Morgan fingerprint density at radius 3 is 2.79 bits per heavy atom. The molecular weight excluding hydrogens is 300 g/mol. The van der Waals surface area contributed by atoms with Gasteiger partial charge in [0.1, 0.15) is 5.82 Å². The molecule has 2 aliphatic rings. The second kappa shape index (κ2) is 8.15. The number of rotatable bonds is 6. The number of imidazole rings is 1. The van der Waals surface area contributed by atoms with Gasteiger partial charge in [-0.2, -0.15) is 0 Å². The van der Waals surface area contributed by atoms with E-state index in [1.54, 1.807) is 0 Å². The third-order valence-electron chi connectivity index (χ3n) is 5.55. The monoisotopic (exact) mass is 332 g/mol. The summed E-state index contributed by atoms with van der Waals surface area (Å²) in [5.41, 5.74) is 0. The molecule has 1 unspecified atom stereocenters. The summed E-state index contributed by atoms with van der Waals surface area (Å²) in [6.07, 6.45) is 12.1. The third-order valence-corrected chi connectivity index (χ3v) is 5.55. The highest BCUT2D eigenvalue weighted by atomic mass is 16.2. The minimum Gasteiger partial charge on any atom is -0.342 e. The van der Waals surface area contributed by atoms with Gasteiger partial charge in [-0.3, -0.25) is 4.79 Å². The van der Waals surface area contributed by atoms with Crippen molar-refractivity contribution >= 4 is 5.91 Å². The molecule has 134 valence electrons. The summed E-state index contributed by atoms with van der Waals surface area (Å²) in [6, 6.07) is 0. The molecule has 1 aliphatic carbocycles. The number of carbonyl (C=O) groups excluding carboxylic acids is 1. The van der Waals surface area contributed by atoms with Crippen LogP contribution in [0.25, 0.3) is 0 Å². The lowest BCUT2D eigenvalue weighted by Crippen LogP contribution is -2.42. The fourth-order valence-corrected chi connectivity index (χ4v) is 4.25.